The highest BCUT2D eigenvalue weighted by atomic mass is 32.2. The van der Waals surface area contributed by atoms with Crippen LogP contribution in [0.4, 0.5) is 0 Å². The summed E-state index contributed by atoms with van der Waals surface area (Å²) in [5.41, 5.74) is 1.02. The fourth-order valence-corrected chi connectivity index (χ4v) is 3.27. The fraction of sp³-hybridized carbons (Fsp3) is 0.316. The van der Waals surface area contributed by atoms with Gasteiger partial charge in [0.2, 0.25) is 10.0 Å². The molecule has 0 unspecified atom stereocenters. The molecule has 0 aromatic heterocycles. The average Bonchev–Trinajstić information content (AvgIpc) is 2.68. The highest BCUT2D eigenvalue weighted by molar-refractivity contribution is 7.89. The second kappa shape index (κ2) is 10.5. The number of sulfonamides is 1. The lowest BCUT2D eigenvalue weighted by atomic mass is 10.2. The Labute approximate surface area is 160 Å². The zero-order valence-electron chi connectivity index (χ0n) is 15.6. The smallest absolute Gasteiger partial charge is 0.240 e. The normalized spacial score (nSPS) is 11.9. The molecule has 0 spiro atoms. The minimum atomic E-state index is -3.50. The minimum Gasteiger partial charge on any atom is -0.492 e. The summed E-state index contributed by atoms with van der Waals surface area (Å²) in [5.74, 6) is 1.40. The maximum atomic E-state index is 12.2. The SMILES string of the molecule is CN=C(NCCNS(=O)(=O)c1ccc(C)cc1)NCCOc1ccccc1. The molecule has 0 aliphatic heterocycles. The quantitative estimate of drug-likeness (QED) is 0.343. The van der Waals surface area contributed by atoms with Gasteiger partial charge in [0.15, 0.2) is 5.96 Å². The summed E-state index contributed by atoms with van der Waals surface area (Å²) in [5, 5.41) is 6.17. The first-order chi connectivity index (χ1) is 13.0. The van der Waals surface area contributed by atoms with Gasteiger partial charge in [-0.2, -0.15) is 0 Å². The van der Waals surface area contributed by atoms with Crippen LogP contribution in [0.5, 0.6) is 5.75 Å². The van der Waals surface area contributed by atoms with Crippen molar-refractivity contribution in [3.8, 4) is 5.75 Å². The van der Waals surface area contributed by atoms with E-state index in [1.54, 1.807) is 31.3 Å². The molecule has 3 N–H and O–H groups in total. The number of benzene rings is 2. The molecule has 146 valence electrons. The summed E-state index contributed by atoms with van der Waals surface area (Å²) in [6, 6.07) is 16.3. The van der Waals surface area contributed by atoms with Crippen LogP contribution < -0.4 is 20.1 Å². The second-order valence-corrected chi connectivity index (χ2v) is 7.57. The largest absolute Gasteiger partial charge is 0.492 e. The zero-order valence-corrected chi connectivity index (χ0v) is 16.4. The van der Waals surface area contributed by atoms with E-state index < -0.39 is 10.0 Å². The molecular formula is C19H26N4O3S. The highest BCUT2D eigenvalue weighted by Gasteiger charge is 2.12. The minimum absolute atomic E-state index is 0.247. The van der Waals surface area contributed by atoms with E-state index in [-0.39, 0.29) is 11.4 Å². The number of para-hydroxylation sites is 1. The fourth-order valence-electron chi connectivity index (χ4n) is 2.24. The van der Waals surface area contributed by atoms with E-state index in [1.807, 2.05) is 37.3 Å². The maximum absolute atomic E-state index is 12.2. The molecular weight excluding hydrogens is 364 g/mol. The summed E-state index contributed by atoms with van der Waals surface area (Å²) in [4.78, 5) is 4.35. The number of guanidine groups is 1. The molecule has 0 fully saturated rings. The van der Waals surface area contributed by atoms with Crippen LogP contribution >= 0.6 is 0 Å². The lowest BCUT2D eigenvalue weighted by Gasteiger charge is -2.13. The van der Waals surface area contributed by atoms with Crippen LogP contribution in [-0.4, -0.2) is 47.7 Å². The molecule has 0 aliphatic rings. The molecule has 7 nitrogen and oxygen atoms in total. The first-order valence-corrected chi connectivity index (χ1v) is 10.2. The Morgan fingerprint density at radius 2 is 1.63 bits per heavy atom. The van der Waals surface area contributed by atoms with Crippen LogP contribution in [0.2, 0.25) is 0 Å². The van der Waals surface area contributed by atoms with Gasteiger partial charge in [-0.3, -0.25) is 4.99 Å². The molecule has 0 amide bonds. The number of hydrogen-bond donors (Lipinski definition) is 3. The number of aryl methyl sites for hydroxylation is 1. The first kappa shape index (κ1) is 20.7. The van der Waals surface area contributed by atoms with Crippen LogP contribution in [0.3, 0.4) is 0 Å². The van der Waals surface area contributed by atoms with Crippen molar-refractivity contribution < 1.29 is 13.2 Å². The molecule has 0 atom stereocenters. The van der Waals surface area contributed by atoms with Crippen molar-refractivity contribution in [2.75, 3.05) is 33.3 Å². The van der Waals surface area contributed by atoms with Crippen molar-refractivity contribution in [1.82, 2.24) is 15.4 Å². The summed E-state index contributed by atoms with van der Waals surface area (Å²) in [7, 11) is -1.85. The average molecular weight is 391 g/mol. The first-order valence-electron chi connectivity index (χ1n) is 8.70. The van der Waals surface area contributed by atoms with Gasteiger partial charge in [0.05, 0.1) is 11.4 Å². The molecule has 0 radical (unpaired) electrons. The van der Waals surface area contributed by atoms with Crippen molar-refractivity contribution >= 4 is 16.0 Å². The Balaban J connectivity index is 1.66. The summed E-state index contributed by atoms with van der Waals surface area (Å²) in [6.07, 6.45) is 0. The second-order valence-electron chi connectivity index (χ2n) is 5.80. The summed E-state index contributed by atoms with van der Waals surface area (Å²) < 4.78 is 32.6. The Hall–Kier alpha value is -2.58. The number of hydrogen-bond acceptors (Lipinski definition) is 4. The van der Waals surface area contributed by atoms with Gasteiger partial charge in [-0.05, 0) is 31.2 Å². The molecule has 2 aromatic carbocycles. The van der Waals surface area contributed by atoms with E-state index in [1.165, 1.54) is 0 Å². The molecule has 0 saturated heterocycles. The summed E-state index contributed by atoms with van der Waals surface area (Å²) >= 11 is 0. The number of ether oxygens (including phenoxy) is 1. The topological polar surface area (TPSA) is 91.8 Å². The Kier molecular flexibility index (Phi) is 8.09. The van der Waals surface area contributed by atoms with E-state index in [0.717, 1.165) is 11.3 Å². The Morgan fingerprint density at radius 3 is 2.30 bits per heavy atom. The van der Waals surface area contributed by atoms with Gasteiger partial charge in [-0.25, -0.2) is 13.1 Å². The van der Waals surface area contributed by atoms with Crippen LogP contribution in [0.1, 0.15) is 5.56 Å². The van der Waals surface area contributed by atoms with Crippen molar-refractivity contribution in [3.05, 3.63) is 60.2 Å². The van der Waals surface area contributed by atoms with E-state index in [9.17, 15) is 8.42 Å². The summed E-state index contributed by atoms with van der Waals surface area (Å²) in [6.45, 7) is 3.63. The van der Waals surface area contributed by atoms with E-state index in [2.05, 4.69) is 20.3 Å². The van der Waals surface area contributed by atoms with Crippen molar-refractivity contribution in [1.29, 1.82) is 0 Å². The van der Waals surface area contributed by atoms with Crippen LogP contribution in [0.25, 0.3) is 0 Å². The van der Waals surface area contributed by atoms with Gasteiger partial charge in [0.1, 0.15) is 12.4 Å². The van der Waals surface area contributed by atoms with Gasteiger partial charge in [-0.15, -0.1) is 0 Å². The van der Waals surface area contributed by atoms with Crippen molar-refractivity contribution in [2.24, 2.45) is 4.99 Å². The Morgan fingerprint density at radius 1 is 0.963 bits per heavy atom. The van der Waals surface area contributed by atoms with Crippen LogP contribution in [0, 0.1) is 6.92 Å². The van der Waals surface area contributed by atoms with E-state index in [0.29, 0.717) is 25.7 Å². The van der Waals surface area contributed by atoms with Gasteiger partial charge in [0, 0.05) is 20.1 Å². The van der Waals surface area contributed by atoms with Crippen LogP contribution in [-0.2, 0) is 10.0 Å². The lowest BCUT2D eigenvalue weighted by Crippen LogP contribution is -2.42. The molecule has 2 aromatic rings. The molecule has 27 heavy (non-hydrogen) atoms. The predicted octanol–water partition coefficient (Wildman–Crippen LogP) is 1.52. The van der Waals surface area contributed by atoms with E-state index >= 15 is 0 Å². The number of aliphatic imine (C=N–C) groups is 1. The molecule has 0 saturated carbocycles. The third kappa shape index (κ3) is 7.28. The predicted molar refractivity (Wildman–Crippen MR) is 108 cm³/mol. The third-order valence-electron chi connectivity index (χ3n) is 3.67. The number of nitrogens with zero attached hydrogens (tertiary/aromatic N) is 1. The van der Waals surface area contributed by atoms with Gasteiger partial charge < -0.3 is 15.4 Å². The van der Waals surface area contributed by atoms with Gasteiger partial charge >= 0.3 is 0 Å². The third-order valence-corrected chi connectivity index (χ3v) is 5.15. The molecule has 2 rings (SSSR count). The maximum Gasteiger partial charge on any atom is 0.240 e. The monoisotopic (exact) mass is 390 g/mol. The highest BCUT2D eigenvalue weighted by Crippen LogP contribution is 2.09. The molecule has 0 heterocycles. The zero-order chi connectivity index (χ0) is 19.5. The number of nitrogens with one attached hydrogen (secondary N) is 3. The van der Waals surface area contributed by atoms with E-state index in [4.69, 9.17) is 4.74 Å². The number of rotatable bonds is 9. The van der Waals surface area contributed by atoms with Gasteiger partial charge in [-0.1, -0.05) is 35.9 Å². The standard InChI is InChI=1S/C19H26N4O3S/c1-16-8-10-18(11-9-16)27(24,25)23-13-12-21-19(20-2)22-14-15-26-17-6-4-3-5-7-17/h3-11,23H,12-15H2,1-2H3,(H2,20,21,22). The lowest BCUT2D eigenvalue weighted by molar-refractivity contribution is 0.322. The van der Waals surface area contributed by atoms with Crippen LogP contribution in [0.15, 0.2) is 64.5 Å². The molecule has 0 bridgehead atoms. The molecule has 8 heteroatoms. The van der Waals surface area contributed by atoms with Crippen molar-refractivity contribution in [2.45, 2.75) is 11.8 Å². The Bertz CT molecular complexity index is 822. The van der Waals surface area contributed by atoms with Crippen molar-refractivity contribution in [3.63, 3.8) is 0 Å². The van der Waals surface area contributed by atoms with Gasteiger partial charge in [0.25, 0.3) is 0 Å². The molecule has 0 aliphatic carbocycles.